The van der Waals surface area contributed by atoms with Crippen molar-refractivity contribution in [3.63, 3.8) is 0 Å². The Balaban J connectivity index is 0.00000180. The van der Waals surface area contributed by atoms with Gasteiger partial charge in [0.25, 0.3) is 5.56 Å². The fourth-order valence-electron chi connectivity index (χ4n) is 4.43. The third kappa shape index (κ3) is 6.69. The summed E-state index contributed by atoms with van der Waals surface area (Å²) in [5, 5.41) is 5.45. The molecule has 0 amide bonds. The van der Waals surface area contributed by atoms with Gasteiger partial charge in [-0.2, -0.15) is 5.10 Å². The summed E-state index contributed by atoms with van der Waals surface area (Å²) in [4.78, 5) is 18.0. The van der Waals surface area contributed by atoms with Gasteiger partial charge in [-0.3, -0.25) is 9.69 Å². The average Bonchev–Trinajstić information content (AvgIpc) is 3.32. The number of hydrogen-bond donors (Lipinski definition) is 0. The average molecular weight is 550 g/mol. The third-order valence-corrected chi connectivity index (χ3v) is 6.73. The molecule has 3 heterocycles. The highest BCUT2D eigenvalue weighted by atomic mass is 35.5. The van der Waals surface area contributed by atoms with Crippen molar-refractivity contribution in [2.45, 2.75) is 19.5 Å². The van der Waals surface area contributed by atoms with Crippen LogP contribution in [0.4, 0.5) is 0 Å². The SMILES string of the molecule is CN1CCN(Cc2cc(-c3ccc4c(c3)CCO4)nn(C/C=C/c3ccc(Cl)cc3)c2=O)CC1.Cl.Cl. The molecule has 3 aromatic rings. The first-order valence-electron chi connectivity index (χ1n) is 11.8. The predicted molar refractivity (Wildman–Crippen MR) is 151 cm³/mol. The maximum atomic E-state index is 13.4. The molecule has 6 nitrogen and oxygen atoms in total. The van der Waals surface area contributed by atoms with Gasteiger partial charge in [0.15, 0.2) is 0 Å². The highest BCUT2D eigenvalue weighted by Crippen LogP contribution is 2.29. The van der Waals surface area contributed by atoms with Gasteiger partial charge in [-0.05, 0) is 54.6 Å². The van der Waals surface area contributed by atoms with Crippen LogP contribution < -0.4 is 10.3 Å². The summed E-state index contributed by atoms with van der Waals surface area (Å²) in [6.07, 6.45) is 4.86. The van der Waals surface area contributed by atoms with Gasteiger partial charge in [0.1, 0.15) is 5.75 Å². The molecule has 0 spiro atoms. The molecule has 2 aliphatic heterocycles. The van der Waals surface area contributed by atoms with Crippen molar-refractivity contribution in [1.29, 1.82) is 0 Å². The summed E-state index contributed by atoms with van der Waals surface area (Å²) in [6, 6.07) is 15.8. The second-order valence-corrected chi connectivity index (χ2v) is 9.43. The van der Waals surface area contributed by atoms with Crippen LogP contribution in [-0.4, -0.2) is 59.4 Å². The smallest absolute Gasteiger partial charge is 0.271 e. The van der Waals surface area contributed by atoms with E-state index in [1.54, 1.807) is 4.68 Å². The molecule has 0 unspecified atom stereocenters. The lowest BCUT2D eigenvalue weighted by Gasteiger charge is -2.32. The minimum atomic E-state index is -0.0343. The molecule has 1 fully saturated rings. The predicted octanol–water partition coefficient (Wildman–Crippen LogP) is 4.80. The zero-order chi connectivity index (χ0) is 23.5. The lowest BCUT2D eigenvalue weighted by Crippen LogP contribution is -2.44. The number of aromatic nitrogens is 2. The molecule has 1 saturated heterocycles. The Morgan fingerprint density at radius 2 is 1.78 bits per heavy atom. The molecular weight excluding hydrogens is 519 g/mol. The van der Waals surface area contributed by atoms with Gasteiger partial charge in [-0.1, -0.05) is 35.9 Å². The topological polar surface area (TPSA) is 50.6 Å². The number of piperazine rings is 1. The Labute approximate surface area is 229 Å². The minimum Gasteiger partial charge on any atom is -0.493 e. The van der Waals surface area contributed by atoms with E-state index in [4.69, 9.17) is 21.4 Å². The van der Waals surface area contributed by atoms with Crippen molar-refractivity contribution in [3.05, 3.63) is 86.7 Å². The van der Waals surface area contributed by atoms with Gasteiger partial charge in [0, 0.05) is 55.3 Å². The molecule has 5 rings (SSSR count). The Morgan fingerprint density at radius 3 is 2.53 bits per heavy atom. The first-order valence-corrected chi connectivity index (χ1v) is 12.1. The van der Waals surface area contributed by atoms with E-state index in [0.29, 0.717) is 18.1 Å². The lowest BCUT2D eigenvalue weighted by molar-refractivity contribution is 0.147. The van der Waals surface area contributed by atoms with E-state index in [1.807, 2.05) is 54.6 Å². The Hall–Kier alpha value is -2.35. The van der Waals surface area contributed by atoms with Crippen LogP contribution >= 0.6 is 36.4 Å². The molecule has 0 atom stereocenters. The van der Waals surface area contributed by atoms with Gasteiger partial charge < -0.3 is 9.64 Å². The molecule has 0 aliphatic carbocycles. The number of allylic oxidation sites excluding steroid dienone is 1. The van der Waals surface area contributed by atoms with Crippen LogP contribution in [0.3, 0.4) is 0 Å². The van der Waals surface area contributed by atoms with E-state index >= 15 is 0 Å². The summed E-state index contributed by atoms with van der Waals surface area (Å²) in [5.74, 6) is 0.945. The van der Waals surface area contributed by atoms with Crippen LogP contribution in [0.2, 0.25) is 5.02 Å². The van der Waals surface area contributed by atoms with Crippen LogP contribution in [0.1, 0.15) is 16.7 Å². The molecule has 2 aliphatic rings. The quantitative estimate of drug-likeness (QED) is 0.442. The van der Waals surface area contributed by atoms with E-state index in [-0.39, 0.29) is 30.4 Å². The maximum Gasteiger partial charge on any atom is 0.271 e. The molecule has 9 heteroatoms. The summed E-state index contributed by atoms with van der Waals surface area (Å²) < 4.78 is 7.24. The van der Waals surface area contributed by atoms with Gasteiger partial charge in [-0.15, -0.1) is 24.8 Å². The van der Waals surface area contributed by atoms with Crippen molar-refractivity contribution in [2.75, 3.05) is 39.8 Å². The van der Waals surface area contributed by atoms with Crippen molar-refractivity contribution in [1.82, 2.24) is 19.6 Å². The summed E-state index contributed by atoms with van der Waals surface area (Å²) in [7, 11) is 2.14. The zero-order valence-electron chi connectivity index (χ0n) is 20.2. The monoisotopic (exact) mass is 548 g/mol. The van der Waals surface area contributed by atoms with Gasteiger partial charge in [0.05, 0.1) is 18.8 Å². The second-order valence-electron chi connectivity index (χ2n) is 9.00. The molecule has 0 bridgehead atoms. The Morgan fingerprint density at radius 1 is 1.03 bits per heavy atom. The number of rotatable bonds is 6. The van der Waals surface area contributed by atoms with Crippen LogP contribution in [0.25, 0.3) is 17.3 Å². The number of nitrogens with zero attached hydrogens (tertiary/aromatic N) is 4. The first kappa shape index (κ1) is 28.2. The highest BCUT2D eigenvalue weighted by molar-refractivity contribution is 6.30. The highest BCUT2D eigenvalue weighted by Gasteiger charge is 2.19. The first-order chi connectivity index (χ1) is 16.5. The molecular formula is C27H31Cl3N4O2. The number of halogens is 3. The van der Waals surface area contributed by atoms with E-state index in [2.05, 4.69) is 22.9 Å². The standard InChI is InChI=1S/C27H29ClN4O2.2ClH/c1-30-12-14-31(15-13-30)19-23-18-25(21-6-9-26-22(17-21)10-16-34-26)29-32(27(23)33)11-2-3-20-4-7-24(28)8-5-20;;/h2-9,17-18H,10-16,19H2,1H3;2*1H/b3-2+;;. The fraction of sp³-hybridized carbons (Fsp3) is 0.333. The van der Waals surface area contributed by atoms with Gasteiger partial charge >= 0.3 is 0 Å². The molecule has 0 N–H and O–H groups in total. The third-order valence-electron chi connectivity index (χ3n) is 6.48. The van der Waals surface area contributed by atoms with E-state index in [9.17, 15) is 4.79 Å². The molecule has 1 aromatic heterocycles. The summed E-state index contributed by atoms with van der Waals surface area (Å²) in [5.41, 5.74) is 4.81. The zero-order valence-corrected chi connectivity index (χ0v) is 22.6. The summed E-state index contributed by atoms with van der Waals surface area (Å²) in [6.45, 7) is 5.70. The van der Waals surface area contributed by atoms with E-state index in [1.165, 1.54) is 5.56 Å². The molecule has 0 radical (unpaired) electrons. The molecule has 2 aromatic carbocycles. The van der Waals surface area contributed by atoms with E-state index in [0.717, 1.165) is 67.3 Å². The van der Waals surface area contributed by atoms with Crippen LogP contribution in [0.5, 0.6) is 5.75 Å². The Kier molecular flexibility index (Phi) is 10.00. The van der Waals surface area contributed by atoms with E-state index < -0.39 is 0 Å². The second kappa shape index (κ2) is 12.7. The van der Waals surface area contributed by atoms with Gasteiger partial charge in [-0.25, -0.2) is 4.68 Å². The number of fused-ring (bicyclic) bond motifs is 1. The fourth-order valence-corrected chi connectivity index (χ4v) is 4.56. The summed E-state index contributed by atoms with van der Waals surface area (Å²) >= 11 is 5.98. The van der Waals surface area contributed by atoms with Crippen molar-refractivity contribution in [3.8, 4) is 17.0 Å². The molecule has 36 heavy (non-hydrogen) atoms. The van der Waals surface area contributed by atoms with Crippen molar-refractivity contribution in [2.24, 2.45) is 0 Å². The molecule has 0 saturated carbocycles. The lowest BCUT2D eigenvalue weighted by atomic mass is 10.0. The Bertz CT molecular complexity index is 1250. The normalized spacial score (nSPS) is 15.7. The number of benzene rings is 2. The minimum absolute atomic E-state index is 0. The van der Waals surface area contributed by atoms with Crippen LogP contribution in [0.15, 0.2) is 59.4 Å². The van der Waals surface area contributed by atoms with Crippen molar-refractivity contribution >= 4 is 42.5 Å². The van der Waals surface area contributed by atoms with Crippen LogP contribution in [0, 0.1) is 0 Å². The largest absolute Gasteiger partial charge is 0.493 e. The van der Waals surface area contributed by atoms with Gasteiger partial charge in [0.2, 0.25) is 0 Å². The van der Waals surface area contributed by atoms with Crippen LogP contribution in [-0.2, 0) is 19.5 Å². The molecule has 192 valence electrons. The number of hydrogen-bond acceptors (Lipinski definition) is 5. The number of likely N-dealkylation sites (N-methyl/N-ethyl adjacent to an activating group) is 1. The number of ether oxygens (including phenoxy) is 1. The maximum absolute atomic E-state index is 13.4. The van der Waals surface area contributed by atoms with Crippen molar-refractivity contribution < 1.29 is 4.74 Å².